The molecule has 0 aromatic heterocycles. The molecule has 0 saturated heterocycles. The Morgan fingerprint density at radius 2 is 1.48 bits per heavy atom. The second-order valence-corrected chi connectivity index (χ2v) is 7.06. The monoisotopic (exact) mass is 354 g/mol. The summed E-state index contributed by atoms with van der Waals surface area (Å²) >= 11 is 0. The summed E-state index contributed by atoms with van der Waals surface area (Å²) in [5.41, 5.74) is 0.176. The molecule has 25 heavy (non-hydrogen) atoms. The van der Waals surface area contributed by atoms with Crippen LogP contribution in [0.25, 0.3) is 0 Å². The Hall–Kier alpha value is -1.36. The molecular formula is C20H34O5. The van der Waals surface area contributed by atoms with E-state index in [-0.39, 0.29) is 17.5 Å². The number of carbonyl (C=O) groups excluding carboxylic acids is 1. The van der Waals surface area contributed by atoms with Gasteiger partial charge in [0.05, 0.1) is 12.5 Å². The van der Waals surface area contributed by atoms with Crippen LogP contribution in [-0.4, -0.2) is 36.9 Å². The van der Waals surface area contributed by atoms with Crippen LogP contribution < -0.4 is 0 Å². The predicted molar refractivity (Wildman–Crippen MR) is 97.3 cm³/mol. The Bertz CT molecular complexity index is 392. The van der Waals surface area contributed by atoms with Crippen LogP contribution >= 0.6 is 0 Å². The molecule has 2 aliphatic carbocycles. The van der Waals surface area contributed by atoms with E-state index in [9.17, 15) is 9.59 Å². The average Bonchev–Trinajstić information content (AvgIpc) is 3.27. The number of esters is 1. The van der Waals surface area contributed by atoms with E-state index in [1.54, 1.807) is 0 Å². The lowest BCUT2D eigenvalue weighted by molar-refractivity contribution is -0.154. The summed E-state index contributed by atoms with van der Waals surface area (Å²) in [6.07, 6.45) is 10.1. The third-order valence-corrected chi connectivity index (χ3v) is 5.13. The Morgan fingerprint density at radius 1 is 1.04 bits per heavy atom. The number of rotatable bonds is 8. The molecule has 2 aliphatic rings. The maximum Gasteiger partial charge on any atom is 0.330 e. The van der Waals surface area contributed by atoms with Crippen LogP contribution in [0.4, 0.5) is 0 Å². The fourth-order valence-electron chi connectivity index (χ4n) is 3.84. The van der Waals surface area contributed by atoms with Gasteiger partial charge in [0, 0.05) is 12.2 Å². The fourth-order valence-corrected chi connectivity index (χ4v) is 3.84. The zero-order valence-electron chi connectivity index (χ0n) is 15.8. The molecule has 5 heteroatoms. The molecule has 0 aromatic rings. The molecular weight excluding hydrogens is 320 g/mol. The van der Waals surface area contributed by atoms with Gasteiger partial charge in [-0.15, -0.1) is 0 Å². The van der Waals surface area contributed by atoms with E-state index in [1.165, 1.54) is 58.3 Å². The molecule has 5 nitrogen and oxygen atoms in total. The first-order valence-electron chi connectivity index (χ1n) is 9.60. The number of hydrogen-bond acceptors (Lipinski definition) is 4. The summed E-state index contributed by atoms with van der Waals surface area (Å²) in [4.78, 5) is 22.0. The van der Waals surface area contributed by atoms with Gasteiger partial charge in [-0.2, -0.15) is 0 Å². The molecule has 144 valence electrons. The van der Waals surface area contributed by atoms with Gasteiger partial charge in [-0.3, -0.25) is 4.79 Å². The molecule has 2 saturated carbocycles. The smallest absolute Gasteiger partial charge is 0.330 e. The number of carboxylic acid groups (broad SMARTS) is 1. The molecule has 0 bridgehead atoms. The molecule has 0 aromatic carbocycles. The highest BCUT2D eigenvalue weighted by atomic mass is 16.6. The summed E-state index contributed by atoms with van der Waals surface area (Å²) in [5, 5.41) is 7.89. The number of hydrogen-bond donors (Lipinski definition) is 1. The van der Waals surface area contributed by atoms with Gasteiger partial charge in [-0.25, -0.2) is 4.79 Å². The van der Waals surface area contributed by atoms with E-state index < -0.39 is 5.97 Å². The lowest BCUT2D eigenvalue weighted by Crippen LogP contribution is -2.31. The number of aliphatic carboxylic acids is 1. The number of ether oxygens (including phenoxy) is 2. The van der Waals surface area contributed by atoms with Gasteiger partial charge in [0.25, 0.3) is 0 Å². The van der Waals surface area contributed by atoms with Crippen molar-refractivity contribution in [3.63, 3.8) is 0 Å². The Kier molecular flexibility index (Phi) is 10.5. The van der Waals surface area contributed by atoms with Gasteiger partial charge in [0.15, 0.2) is 0 Å². The van der Waals surface area contributed by atoms with E-state index in [0.29, 0.717) is 31.7 Å². The predicted octanol–water partition coefficient (Wildman–Crippen LogP) is 4.21. The largest absolute Gasteiger partial charge is 0.478 e. The highest BCUT2D eigenvalue weighted by molar-refractivity contribution is 5.84. The third kappa shape index (κ3) is 8.04. The number of carboxylic acids is 1. The highest BCUT2D eigenvalue weighted by Gasteiger charge is 2.38. The molecule has 0 heterocycles. The lowest BCUT2D eigenvalue weighted by atomic mass is 9.79. The fraction of sp³-hybridized carbons (Fsp3) is 0.800. The van der Waals surface area contributed by atoms with Gasteiger partial charge in [-0.1, -0.05) is 32.3 Å². The summed E-state index contributed by atoms with van der Waals surface area (Å²) in [6, 6.07) is 0. The van der Waals surface area contributed by atoms with Gasteiger partial charge < -0.3 is 14.6 Å². The Balaban J connectivity index is 0.000000450. The first-order valence-corrected chi connectivity index (χ1v) is 9.60. The lowest BCUT2D eigenvalue weighted by Gasteiger charge is -2.27. The van der Waals surface area contributed by atoms with E-state index >= 15 is 0 Å². The van der Waals surface area contributed by atoms with E-state index in [0.717, 1.165) is 0 Å². The van der Waals surface area contributed by atoms with Crippen LogP contribution in [0.15, 0.2) is 12.2 Å². The first kappa shape index (κ1) is 21.7. The van der Waals surface area contributed by atoms with Crippen molar-refractivity contribution in [1.29, 1.82) is 0 Å². The van der Waals surface area contributed by atoms with E-state index in [4.69, 9.17) is 14.6 Å². The van der Waals surface area contributed by atoms with Crippen molar-refractivity contribution >= 4 is 11.9 Å². The maximum absolute atomic E-state index is 12.4. The zero-order valence-corrected chi connectivity index (χ0v) is 15.8. The first-order chi connectivity index (χ1) is 12.0. The second kappa shape index (κ2) is 12.1. The van der Waals surface area contributed by atoms with Gasteiger partial charge >= 0.3 is 11.9 Å². The van der Waals surface area contributed by atoms with Gasteiger partial charge in [0.1, 0.15) is 6.61 Å². The van der Waals surface area contributed by atoms with Crippen LogP contribution in [0.1, 0.15) is 65.2 Å². The average molecular weight is 354 g/mol. The normalized spacial score (nSPS) is 18.0. The SMILES string of the molecule is C=C(C)C(=O)O.CCOCCOC(=O)C(C1CCCC1)C1CCCC1. The molecule has 0 spiro atoms. The third-order valence-electron chi connectivity index (χ3n) is 5.13. The van der Waals surface area contributed by atoms with Crippen molar-refractivity contribution in [1.82, 2.24) is 0 Å². The maximum atomic E-state index is 12.4. The standard InChI is InChI=1S/C16H28O3.C4H6O2/c1-2-18-11-12-19-16(17)15(13-7-3-4-8-13)14-9-5-6-10-14;1-3(2)4(5)6/h13-15H,2-12H2,1H3;1H2,2H3,(H,5,6). The highest BCUT2D eigenvalue weighted by Crippen LogP contribution is 2.42. The van der Waals surface area contributed by atoms with E-state index in [1.807, 2.05) is 6.92 Å². The van der Waals surface area contributed by atoms with Crippen molar-refractivity contribution in [3.05, 3.63) is 12.2 Å². The van der Waals surface area contributed by atoms with Crippen molar-refractivity contribution in [2.45, 2.75) is 65.2 Å². The molecule has 0 radical (unpaired) electrons. The molecule has 0 aliphatic heterocycles. The van der Waals surface area contributed by atoms with Crippen molar-refractivity contribution in [2.75, 3.05) is 19.8 Å². The Labute approximate surface area is 151 Å². The summed E-state index contributed by atoms with van der Waals surface area (Å²) in [5.74, 6) is 0.463. The van der Waals surface area contributed by atoms with Crippen molar-refractivity contribution in [3.8, 4) is 0 Å². The van der Waals surface area contributed by atoms with Crippen LogP contribution in [0.3, 0.4) is 0 Å². The summed E-state index contributed by atoms with van der Waals surface area (Å²) in [6.45, 7) is 8.20. The molecule has 2 rings (SSSR count). The molecule has 1 N–H and O–H groups in total. The quantitative estimate of drug-likeness (QED) is 0.401. The number of carbonyl (C=O) groups is 2. The van der Waals surface area contributed by atoms with Crippen LogP contribution in [0, 0.1) is 17.8 Å². The Morgan fingerprint density at radius 3 is 1.84 bits per heavy atom. The second-order valence-electron chi connectivity index (χ2n) is 7.06. The van der Waals surface area contributed by atoms with Crippen LogP contribution in [0.5, 0.6) is 0 Å². The molecule has 0 unspecified atom stereocenters. The summed E-state index contributed by atoms with van der Waals surface area (Å²) < 4.78 is 10.7. The van der Waals surface area contributed by atoms with Gasteiger partial charge in [0.2, 0.25) is 0 Å². The minimum atomic E-state index is -0.935. The molecule has 0 atom stereocenters. The van der Waals surface area contributed by atoms with Crippen molar-refractivity contribution in [2.24, 2.45) is 17.8 Å². The minimum Gasteiger partial charge on any atom is -0.478 e. The minimum absolute atomic E-state index is 0.0542. The topological polar surface area (TPSA) is 72.8 Å². The zero-order chi connectivity index (χ0) is 18.7. The van der Waals surface area contributed by atoms with Crippen LogP contribution in [0.2, 0.25) is 0 Å². The molecule has 2 fully saturated rings. The van der Waals surface area contributed by atoms with Gasteiger partial charge in [-0.05, 0) is 51.4 Å². The van der Waals surface area contributed by atoms with E-state index in [2.05, 4.69) is 6.58 Å². The summed E-state index contributed by atoms with van der Waals surface area (Å²) in [7, 11) is 0. The van der Waals surface area contributed by atoms with Crippen molar-refractivity contribution < 1.29 is 24.2 Å². The van der Waals surface area contributed by atoms with Crippen LogP contribution in [-0.2, 0) is 19.1 Å². The molecule has 0 amide bonds.